The molecule has 0 saturated carbocycles. The summed E-state index contributed by atoms with van der Waals surface area (Å²) >= 11 is 1.11. The predicted octanol–water partition coefficient (Wildman–Crippen LogP) is 3.87. The van der Waals surface area contributed by atoms with E-state index < -0.39 is 16.0 Å². The van der Waals surface area contributed by atoms with Gasteiger partial charge in [0.05, 0.1) is 11.3 Å². The lowest BCUT2D eigenvalue weighted by molar-refractivity contribution is 0.0697. The minimum Gasteiger partial charge on any atom is -0.478 e. The van der Waals surface area contributed by atoms with Crippen LogP contribution in [0.1, 0.15) is 37.0 Å². The standard InChI is InChI=1S/C17H22N2O4S2/c1-3-5-10-19(4-2)15-9-8-13(12-14(15)17(20)21)18-25(22,23)16-7-6-11-24-16/h6-9,11-12,18H,3-5,10H2,1-2H3,(H,20,21). The molecule has 1 heterocycles. The van der Waals surface area contributed by atoms with E-state index >= 15 is 0 Å². The number of carbonyl (C=O) groups is 1. The fraction of sp³-hybridized carbons (Fsp3) is 0.353. The Labute approximate surface area is 152 Å². The number of unbranched alkanes of at least 4 members (excludes halogenated alkanes) is 1. The number of hydrogen-bond acceptors (Lipinski definition) is 5. The van der Waals surface area contributed by atoms with Gasteiger partial charge in [0.25, 0.3) is 10.0 Å². The van der Waals surface area contributed by atoms with Crippen molar-refractivity contribution in [1.82, 2.24) is 0 Å². The molecule has 0 fully saturated rings. The van der Waals surface area contributed by atoms with Crippen molar-refractivity contribution in [3.05, 3.63) is 41.3 Å². The fourth-order valence-electron chi connectivity index (χ4n) is 2.47. The second kappa shape index (κ2) is 8.35. The van der Waals surface area contributed by atoms with Gasteiger partial charge in [-0.25, -0.2) is 13.2 Å². The van der Waals surface area contributed by atoms with Crippen LogP contribution in [0.15, 0.2) is 39.9 Å². The second-order valence-corrected chi connectivity index (χ2v) is 8.36. The zero-order valence-corrected chi connectivity index (χ0v) is 15.9. The van der Waals surface area contributed by atoms with Gasteiger partial charge in [-0.3, -0.25) is 4.72 Å². The van der Waals surface area contributed by atoms with Crippen LogP contribution in [0.4, 0.5) is 11.4 Å². The molecule has 0 unspecified atom stereocenters. The molecule has 2 aromatic rings. The number of carboxylic acids is 1. The summed E-state index contributed by atoms with van der Waals surface area (Å²) in [4.78, 5) is 13.7. The zero-order chi connectivity index (χ0) is 18.4. The van der Waals surface area contributed by atoms with Gasteiger partial charge in [0.2, 0.25) is 0 Å². The van der Waals surface area contributed by atoms with Gasteiger partial charge >= 0.3 is 5.97 Å². The molecule has 2 N–H and O–H groups in total. The first-order valence-electron chi connectivity index (χ1n) is 8.07. The zero-order valence-electron chi connectivity index (χ0n) is 14.2. The van der Waals surface area contributed by atoms with Gasteiger partial charge in [0, 0.05) is 18.8 Å². The quantitative estimate of drug-likeness (QED) is 0.687. The predicted molar refractivity (Wildman–Crippen MR) is 101 cm³/mol. The van der Waals surface area contributed by atoms with Crippen molar-refractivity contribution in [2.24, 2.45) is 0 Å². The summed E-state index contributed by atoms with van der Waals surface area (Å²) in [5, 5.41) is 11.2. The minimum atomic E-state index is -3.70. The van der Waals surface area contributed by atoms with E-state index in [0.717, 1.165) is 30.7 Å². The van der Waals surface area contributed by atoms with E-state index in [-0.39, 0.29) is 15.5 Å². The summed E-state index contributed by atoms with van der Waals surface area (Å²) in [7, 11) is -3.70. The summed E-state index contributed by atoms with van der Waals surface area (Å²) in [5.74, 6) is -1.08. The molecule has 2 rings (SSSR count). The number of thiophene rings is 1. The summed E-state index contributed by atoms with van der Waals surface area (Å²) < 4.78 is 27.2. The van der Waals surface area contributed by atoms with Crippen molar-refractivity contribution >= 4 is 38.7 Å². The van der Waals surface area contributed by atoms with Gasteiger partial charge in [-0.05, 0) is 43.0 Å². The molecule has 6 nitrogen and oxygen atoms in total. The van der Waals surface area contributed by atoms with E-state index in [1.165, 1.54) is 12.1 Å². The van der Waals surface area contributed by atoms with Crippen molar-refractivity contribution in [2.45, 2.75) is 30.9 Å². The number of benzene rings is 1. The Morgan fingerprint density at radius 3 is 2.60 bits per heavy atom. The largest absolute Gasteiger partial charge is 0.478 e. The Balaban J connectivity index is 2.34. The van der Waals surface area contributed by atoms with Crippen LogP contribution in [0.25, 0.3) is 0 Å². The van der Waals surface area contributed by atoms with Gasteiger partial charge in [-0.1, -0.05) is 19.4 Å². The summed E-state index contributed by atoms with van der Waals surface area (Å²) in [6.45, 7) is 5.48. The van der Waals surface area contributed by atoms with Crippen LogP contribution in [-0.2, 0) is 10.0 Å². The highest BCUT2D eigenvalue weighted by atomic mass is 32.2. The number of hydrogen-bond donors (Lipinski definition) is 2. The van der Waals surface area contributed by atoms with Crippen molar-refractivity contribution in [1.29, 1.82) is 0 Å². The molecule has 0 saturated heterocycles. The van der Waals surface area contributed by atoms with Crippen LogP contribution in [0.5, 0.6) is 0 Å². The van der Waals surface area contributed by atoms with Crippen LogP contribution in [0, 0.1) is 0 Å². The summed E-state index contributed by atoms with van der Waals surface area (Å²) in [6, 6.07) is 7.79. The lowest BCUT2D eigenvalue weighted by Crippen LogP contribution is -2.26. The van der Waals surface area contributed by atoms with Gasteiger partial charge < -0.3 is 10.0 Å². The molecule has 1 aromatic heterocycles. The second-order valence-electron chi connectivity index (χ2n) is 5.51. The van der Waals surface area contributed by atoms with E-state index in [0.29, 0.717) is 12.2 Å². The maximum absolute atomic E-state index is 12.3. The normalized spacial score (nSPS) is 11.3. The highest BCUT2D eigenvalue weighted by Gasteiger charge is 2.19. The van der Waals surface area contributed by atoms with Crippen LogP contribution < -0.4 is 9.62 Å². The Morgan fingerprint density at radius 1 is 1.28 bits per heavy atom. The molecule has 25 heavy (non-hydrogen) atoms. The Bertz CT molecular complexity index is 817. The van der Waals surface area contributed by atoms with Gasteiger partial charge in [-0.15, -0.1) is 11.3 Å². The van der Waals surface area contributed by atoms with Crippen LogP contribution >= 0.6 is 11.3 Å². The molecule has 8 heteroatoms. The van der Waals surface area contributed by atoms with E-state index in [1.54, 1.807) is 23.6 Å². The third kappa shape index (κ3) is 4.73. The number of anilines is 2. The van der Waals surface area contributed by atoms with Crippen LogP contribution in [-0.4, -0.2) is 32.6 Å². The van der Waals surface area contributed by atoms with Crippen molar-refractivity contribution in [3.8, 4) is 0 Å². The van der Waals surface area contributed by atoms with E-state index in [9.17, 15) is 18.3 Å². The minimum absolute atomic E-state index is 0.0873. The third-order valence-corrected chi connectivity index (χ3v) is 6.52. The topological polar surface area (TPSA) is 86.7 Å². The molecule has 0 atom stereocenters. The highest BCUT2D eigenvalue weighted by Crippen LogP contribution is 2.27. The number of nitrogens with zero attached hydrogens (tertiary/aromatic N) is 1. The Kier molecular flexibility index (Phi) is 6.44. The average molecular weight is 383 g/mol. The summed E-state index contributed by atoms with van der Waals surface area (Å²) in [5.41, 5.74) is 0.924. The van der Waals surface area contributed by atoms with Crippen LogP contribution in [0.3, 0.4) is 0 Å². The van der Waals surface area contributed by atoms with Crippen molar-refractivity contribution < 1.29 is 18.3 Å². The average Bonchev–Trinajstić information content (AvgIpc) is 3.11. The number of sulfonamides is 1. The molecular weight excluding hydrogens is 360 g/mol. The van der Waals surface area contributed by atoms with E-state index in [4.69, 9.17) is 0 Å². The molecule has 1 aromatic carbocycles. The molecule has 136 valence electrons. The lowest BCUT2D eigenvalue weighted by atomic mass is 10.1. The first kappa shape index (κ1) is 19.3. The smallest absolute Gasteiger partial charge is 0.337 e. The molecule has 0 bridgehead atoms. The van der Waals surface area contributed by atoms with Crippen molar-refractivity contribution in [3.63, 3.8) is 0 Å². The molecule has 0 aliphatic heterocycles. The van der Waals surface area contributed by atoms with E-state index in [2.05, 4.69) is 11.6 Å². The highest BCUT2D eigenvalue weighted by molar-refractivity contribution is 7.94. The SMILES string of the molecule is CCCCN(CC)c1ccc(NS(=O)(=O)c2cccs2)cc1C(=O)O. The first-order chi connectivity index (χ1) is 11.9. The maximum atomic E-state index is 12.3. The fourth-order valence-corrected chi connectivity index (χ4v) is 4.51. The molecule has 0 radical (unpaired) electrons. The number of rotatable bonds is 9. The molecule has 0 spiro atoms. The molecule has 0 aliphatic carbocycles. The lowest BCUT2D eigenvalue weighted by Gasteiger charge is -2.25. The first-order valence-corrected chi connectivity index (χ1v) is 10.4. The third-order valence-electron chi connectivity index (χ3n) is 3.74. The monoisotopic (exact) mass is 382 g/mol. The molecular formula is C17H22N2O4S2. The molecule has 0 aliphatic rings. The Hall–Kier alpha value is -2.06. The van der Waals surface area contributed by atoms with Crippen molar-refractivity contribution in [2.75, 3.05) is 22.7 Å². The summed E-state index contributed by atoms with van der Waals surface area (Å²) in [6.07, 6.45) is 1.97. The van der Waals surface area contributed by atoms with Gasteiger partial charge in [0.1, 0.15) is 4.21 Å². The van der Waals surface area contributed by atoms with Gasteiger partial charge in [-0.2, -0.15) is 0 Å². The van der Waals surface area contributed by atoms with E-state index in [1.807, 2.05) is 11.8 Å². The van der Waals surface area contributed by atoms with Crippen LogP contribution in [0.2, 0.25) is 0 Å². The maximum Gasteiger partial charge on any atom is 0.337 e. The Morgan fingerprint density at radius 2 is 2.04 bits per heavy atom. The van der Waals surface area contributed by atoms with Gasteiger partial charge in [0.15, 0.2) is 0 Å². The number of carboxylic acid groups (broad SMARTS) is 1. The number of aromatic carboxylic acids is 1. The number of nitrogens with one attached hydrogen (secondary N) is 1. The molecule has 0 amide bonds.